The summed E-state index contributed by atoms with van der Waals surface area (Å²) in [5.74, 6) is 0.888. The van der Waals surface area contributed by atoms with Gasteiger partial charge < -0.3 is 15.0 Å². The molecule has 1 rings (SSSR count). The third kappa shape index (κ3) is 6.55. The van der Waals surface area contributed by atoms with E-state index in [0.29, 0.717) is 5.41 Å². The highest BCUT2D eigenvalue weighted by Gasteiger charge is 2.35. The fourth-order valence-electron chi connectivity index (χ4n) is 3.79. The number of hydrogen-bond acceptors (Lipinski definition) is 3. The van der Waals surface area contributed by atoms with Crippen molar-refractivity contribution in [3.05, 3.63) is 0 Å². The van der Waals surface area contributed by atoms with Gasteiger partial charge in [-0.1, -0.05) is 26.7 Å². The predicted molar refractivity (Wildman–Crippen MR) is 87.2 cm³/mol. The van der Waals surface area contributed by atoms with Gasteiger partial charge in [-0.3, -0.25) is 0 Å². The first kappa shape index (κ1) is 17.9. The minimum absolute atomic E-state index is 0.495. The Morgan fingerprint density at radius 2 is 2.20 bits per heavy atom. The van der Waals surface area contributed by atoms with Crippen molar-refractivity contribution in [2.45, 2.75) is 52.4 Å². The van der Waals surface area contributed by atoms with Crippen LogP contribution in [0.5, 0.6) is 0 Å². The molecule has 2 atom stereocenters. The Bertz CT molecular complexity index is 247. The zero-order valence-corrected chi connectivity index (χ0v) is 14.2. The van der Waals surface area contributed by atoms with E-state index in [4.69, 9.17) is 4.74 Å². The fraction of sp³-hybridized carbons (Fsp3) is 1.00. The molecule has 0 bridgehead atoms. The Labute approximate surface area is 126 Å². The molecule has 0 aliphatic heterocycles. The van der Waals surface area contributed by atoms with E-state index in [1.807, 2.05) is 0 Å². The Morgan fingerprint density at radius 3 is 2.85 bits per heavy atom. The van der Waals surface area contributed by atoms with Gasteiger partial charge in [0.25, 0.3) is 0 Å². The second-order valence-electron chi connectivity index (χ2n) is 6.96. The molecule has 0 spiro atoms. The molecular formula is C17H36N2O. The summed E-state index contributed by atoms with van der Waals surface area (Å²) in [5, 5.41) is 3.69. The molecule has 1 aliphatic rings. The standard InChI is InChI=1S/C17H36N2O/c1-5-10-18-14-17(9-6-8-16(2)13-17)15-19(3)11-7-12-20-4/h16,18H,5-15H2,1-4H3. The van der Waals surface area contributed by atoms with Crippen LogP contribution in [0.2, 0.25) is 0 Å². The largest absolute Gasteiger partial charge is 0.385 e. The first-order chi connectivity index (χ1) is 9.62. The Kier molecular flexibility index (Phi) is 8.74. The van der Waals surface area contributed by atoms with Crippen LogP contribution >= 0.6 is 0 Å². The van der Waals surface area contributed by atoms with Crippen LogP contribution in [0.15, 0.2) is 0 Å². The van der Waals surface area contributed by atoms with E-state index in [1.54, 1.807) is 7.11 Å². The maximum Gasteiger partial charge on any atom is 0.0474 e. The van der Waals surface area contributed by atoms with Crippen molar-refractivity contribution < 1.29 is 4.74 Å². The number of ether oxygens (including phenoxy) is 1. The topological polar surface area (TPSA) is 24.5 Å². The molecule has 2 unspecified atom stereocenters. The molecule has 1 N–H and O–H groups in total. The van der Waals surface area contributed by atoms with E-state index >= 15 is 0 Å². The second-order valence-corrected chi connectivity index (χ2v) is 6.96. The van der Waals surface area contributed by atoms with Crippen LogP contribution in [-0.4, -0.2) is 51.8 Å². The average molecular weight is 284 g/mol. The lowest BCUT2D eigenvalue weighted by Gasteiger charge is -2.43. The number of nitrogens with one attached hydrogen (secondary N) is 1. The molecule has 0 heterocycles. The van der Waals surface area contributed by atoms with Gasteiger partial charge in [-0.05, 0) is 50.6 Å². The minimum Gasteiger partial charge on any atom is -0.385 e. The highest BCUT2D eigenvalue weighted by atomic mass is 16.5. The molecule has 0 radical (unpaired) electrons. The van der Waals surface area contributed by atoms with Crippen LogP contribution in [0, 0.1) is 11.3 Å². The average Bonchev–Trinajstić information content (AvgIpc) is 2.39. The minimum atomic E-state index is 0.495. The Hall–Kier alpha value is -0.120. The lowest BCUT2D eigenvalue weighted by molar-refractivity contribution is 0.0865. The number of rotatable bonds is 10. The normalized spacial score (nSPS) is 27.1. The second kappa shape index (κ2) is 9.75. The van der Waals surface area contributed by atoms with Gasteiger partial charge in [-0.25, -0.2) is 0 Å². The highest BCUT2D eigenvalue weighted by Crippen LogP contribution is 2.39. The zero-order valence-electron chi connectivity index (χ0n) is 14.2. The van der Waals surface area contributed by atoms with Gasteiger partial charge in [-0.15, -0.1) is 0 Å². The third-order valence-electron chi connectivity index (χ3n) is 4.61. The molecular weight excluding hydrogens is 248 g/mol. The molecule has 3 nitrogen and oxygen atoms in total. The molecule has 0 saturated heterocycles. The monoisotopic (exact) mass is 284 g/mol. The summed E-state index contributed by atoms with van der Waals surface area (Å²) in [7, 11) is 4.06. The summed E-state index contributed by atoms with van der Waals surface area (Å²) < 4.78 is 5.16. The van der Waals surface area contributed by atoms with E-state index < -0.39 is 0 Å². The zero-order chi connectivity index (χ0) is 14.8. The Balaban J connectivity index is 2.48. The van der Waals surface area contributed by atoms with E-state index in [-0.39, 0.29) is 0 Å². The summed E-state index contributed by atoms with van der Waals surface area (Å²) in [5.41, 5.74) is 0.495. The fourth-order valence-corrected chi connectivity index (χ4v) is 3.79. The smallest absolute Gasteiger partial charge is 0.0474 e. The van der Waals surface area contributed by atoms with E-state index in [0.717, 1.165) is 32.0 Å². The van der Waals surface area contributed by atoms with E-state index in [9.17, 15) is 0 Å². The number of hydrogen-bond donors (Lipinski definition) is 1. The van der Waals surface area contributed by atoms with Gasteiger partial charge >= 0.3 is 0 Å². The molecule has 1 aliphatic carbocycles. The summed E-state index contributed by atoms with van der Waals surface area (Å²) >= 11 is 0. The maximum atomic E-state index is 5.16. The lowest BCUT2D eigenvalue weighted by atomic mass is 9.69. The SMILES string of the molecule is CCCNCC1(CN(C)CCCOC)CCCC(C)C1. The van der Waals surface area contributed by atoms with Crippen LogP contribution in [0.1, 0.15) is 52.4 Å². The van der Waals surface area contributed by atoms with Gasteiger partial charge in [0, 0.05) is 33.4 Å². The summed E-state index contributed by atoms with van der Waals surface area (Å²) in [6.07, 6.45) is 7.97. The molecule has 0 aromatic carbocycles. The van der Waals surface area contributed by atoms with Crippen molar-refractivity contribution in [2.24, 2.45) is 11.3 Å². The quantitative estimate of drug-likeness (QED) is 0.624. The molecule has 1 fully saturated rings. The van der Waals surface area contributed by atoms with Crippen molar-refractivity contribution in [3.63, 3.8) is 0 Å². The molecule has 0 aromatic rings. The van der Waals surface area contributed by atoms with Crippen LogP contribution in [0.3, 0.4) is 0 Å². The molecule has 3 heteroatoms. The lowest BCUT2D eigenvalue weighted by Crippen LogP contribution is -2.46. The molecule has 20 heavy (non-hydrogen) atoms. The molecule has 120 valence electrons. The van der Waals surface area contributed by atoms with Crippen LogP contribution < -0.4 is 5.32 Å². The maximum absolute atomic E-state index is 5.16. The first-order valence-electron chi connectivity index (χ1n) is 8.50. The molecule has 0 aromatic heterocycles. The van der Waals surface area contributed by atoms with Crippen molar-refractivity contribution in [3.8, 4) is 0 Å². The van der Waals surface area contributed by atoms with Gasteiger partial charge in [0.15, 0.2) is 0 Å². The Morgan fingerprint density at radius 1 is 1.40 bits per heavy atom. The van der Waals surface area contributed by atoms with Gasteiger partial charge in [0.1, 0.15) is 0 Å². The van der Waals surface area contributed by atoms with Crippen LogP contribution in [0.25, 0.3) is 0 Å². The summed E-state index contributed by atoms with van der Waals surface area (Å²) in [6, 6.07) is 0. The molecule has 1 saturated carbocycles. The van der Waals surface area contributed by atoms with Crippen molar-refractivity contribution in [1.82, 2.24) is 10.2 Å². The molecule has 0 amide bonds. The van der Waals surface area contributed by atoms with Gasteiger partial charge in [0.05, 0.1) is 0 Å². The predicted octanol–water partition coefficient (Wildman–Crippen LogP) is 3.15. The van der Waals surface area contributed by atoms with Crippen molar-refractivity contribution >= 4 is 0 Å². The van der Waals surface area contributed by atoms with Crippen LogP contribution in [0.4, 0.5) is 0 Å². The van der Waals surface area contributed by atoms with Crippen molar-refractivity contribution in [2.75, 3.05) is 46.9 Å². The van der Waals surface area contributed by atoms with Crippen LogP contribution in [-0.2, 0) is 4.74 Å². The van der Waals surface area contributed by atoms with E-state index in [1.165, 1.54) is 45.2 Å². The summed E-state index contributed by atoms with van der Waals surface area (Å²) in [4.78, 5) is 2.52. The van der Waals surface area contributed by atoms with Gasteiger partial charge in [-0.2, -0.15) is 0 Å². The van der Waals surface area contributed by atoms with Gasteiger partial charge in [0.2, 0.25) is 0 Å². The third-order valence-corrected chi connectivity index (χ3v) is 4.61. The highest BCUT2D eigenvalue weighted by molar-refractivity contribution is 4.89. The number of nitrogens with zero attached hydrogens (tertiary/aromatic N) is 1. The summed E-state index contributed by atoms with van der Waals surface area (Å²) in [6.45, 7) is 10.3. The number of methoxy groups -OCH3 is 1. The van der Waals surface area contributed by atoms with Crippen molar-refractivity contribution in [1.29, 1.82) is 0 Å². The van der Waals surface area contributed by atoms with E-state index in [2.05, 4.69) is 31.1 Å². The first-order valence-corrected chi connectivity index (χ1v) is 8.50.